The molecule has 5 atom stereocenters. The molecule has 0 bridgehead atoms. The molecule has 2 rings (SSSR count). The Morgan fingerprint density at radius 3 is 2.00 bits per heavy atom. The van der Waals surface area contributed by atoms with Crippen molar-refractivity contribution in [1.82, 2.24) is 15.5 Å². The number of nitrogens with two attached hydrogens (primary N) is 1. The van der Waals surface area contributed by atoms with Crippen LogP contribution in [0.5, 0.6) is 0 Å². The summed E-state index contributed by atoms with van der Waals surface area (Å²) in [6, 6.07) is -3.82. The van der Waals surface area contributed by atoms with Crippen LogP contribution in [0.2, 0.25) is 0 Å². The van der Waals surface area contributed by atoms with Crippen molar-refractivity contribution in [3.05, 3.63) is 0 Å². The van der Waals surface area contributed by atoms with E-state index in [9.17, 15) is 37.1 Å². The van der Waals surface area contributed by atoms with Gasteiger partial charge >= 0.3 is 12.1 Å². The molecule has 2 aliphatic rings. The summed E-state index contributed by atoms with van der Waals surface area (Å²) in [7, 11) is 0. The van der Waals surface area contributed by atoms with Gasteiger partial charge in [-0.1, -0.05) is 54.4 Å². The fourth-order valence-electron chi connectivity index (χ4n) is 5.00. The second-order valence-electron chi connectivity index (χ2n) is 11.5. The van der Waals surface area contributed by atoms with E-state index in [1.165, 1.54) is 25.7 Å². The van der Waals surface area contributed by atoms with Crippen molar-refractivity contribution in [2.24, 2.45) is 34.8 Å². The smallest absolute Gasteiger partial charge is 0.363 e. The molecule has 4 amide bonds. The highest BCUT2D eigenvalue weighted by molar-refractivity contribution is 6.37. The predicted molar refractivity (Wildman–Crippen MR) is 124 cm³/mol. The summed E-state index contributed by atoms with van der Waals surface area (Å²) in [6.45, 7) is 10.2. The fraction of sp³-hybridized carbons (Fsp3) is 0.792. The minimum absolute atomic E-state index is 0.0747. The lowest BCUT2D eigenvalue weighted by atomic mass is 9.81. The number of carbonyl (C=O) groups is 5. The first-order chi connectivity index (χ1) is 16.4. The van der Waals surface area contributed by atoms with Gasteiger partial charge < -0.3 is 21.3 Å². The first kappa shape index (κ1) is 29.6. The first-order valence-electron chi connectivity index (χ1n) is 12.2. The Morgan fingerprint density at radius 1 is 1.03 bits per heavy atom. The molecule has 9 nitrogen and oxygen atoms in total. The van der Waals surface area contributed by atoms with Gasteiger partial charge in [-0.15, -0.1) is 0 Å². The van der Waals surface area contributed by atoms with Gasteiger partial charge in [0.25, 0.3) is 5.91 Å². The predicted octanol–water partition coefficient (Wildman–Crippen LogP) is 1.54. The molecule has 1 aliphatic heterocycles. The standard InChI is InChI=1S/C24H37F3N4O5/c1-11(2)15-12(3)10-31(21(35)18(23(4,5)6)30-22(36)24(25,26)27)16(15)20(34)29-14(9-13-7-8-13)17(32)19(28)33/h11-16,18H,7-10H2,1-6H3,(H2,28,33)(H,29,34)(H,30,36)/t12-,14?,15-,16-,18+/m0/s1. The maximum Gasteiger partial charge on any atom is 0.471 e. The number of rotatable bonds is 9. The Morgan fingerprint density at radius 2 is 1.58 bits per heavy atom. The lowest BCUT2D eigenvalue weighted by molar-refractivity contribution is -0.176. The summed E-state index contributed by atoms with van der Waals surface area (Å²) in [5, 5.41) is 4.39. The quantitative estimate of drug-likeness (QED) is 0.398. The number of ketones is 1. The third kappa shape index (κ3) is 6.97. The van der Waals surface area contributed by atoms with Gasteiger partial charge in [0.2, 0.25) is 17.6 Å². The maximum absolute atomic E-state index is 13.6. The van der Waals surface area contributed by atoms with Gasteiger partial charge in [-0.2, -0.15) is 13.2 Å². The van der Waals surface area contributed by atoms with Gasteiger partial charge in [0.1, 0.15) is 12.1 Å². The van der Waals surface area contributed by atoms with Crippen LogP contribution in [0.4, 0.5) is 13.2 Å². The number of carbonyl (C=O) groups excluding carboxylic acids is 5. The molecule has 204 valence electrons. The molecule has 1 heterocycles. The highest BCUT2D eigenvalue weighted by atomic mass is 19.4. The maximum atomic E-state index is 13.6. The van der Waals surface area contributed by atoms with E-state index in [4.69, 9.17) is 5.73 Å². The summed E-state index contributed by atoms with van der Waals surface area (Å²) in [4.78, 5) is 64.0. The van der Waals surface area contributed by atoms with Crippen molar-refractivity contribution in [3.8, 4) is 0 Å². The van der Waals surface area contributed by atoms with Crippen molar-refractivity contribution in [1.29, 1.82) is 0 Å². The molecule has 0 aromatic carbocycles. The van der Waals surface area contributed by atoms with Gasteiger partial charge in [-0.25, -0.2) is 0 Å². The van der Waals surface area contributed by atoms with Gasteiger partial charge in [0.15, 0.2) is 0 Å². The van der Waals surface area contributed by atoms with E-state index in [-0.39, 0.29) is 36.6 Å². The largest absolute Gasteiger partial charge is 0.471 e. The molecule has 36 heavy (non-hydrogen) atoms. The summed E-state index contributed by atoms with van der Waals surface area (Å²) < 4.78 is 39.0. The molecule has 0 radical (unpaired) electrons. The Bertz CT molecular complexity index is 895. The number of halogens is 3. The van der Waals surface area contributed by atoms with Crippen LogP contribution < -0.4 is 16.4 Å². The number of alkyl halides is 3. The van der Waals surface area contributed by atoms with Crippen molar-refractivity contribution in [3.63, 3.8) is 0 Å². The second kappa shape index (κ2) is 10.8. The Labute approximate surface area is 209 Å². The average molecular weight is 519 g/mol. The lowest BCUT2D eigenvalue weighted by Crippen LogP contribution is -2.61. The minimum atomic E-state index is -5.19. The molecule has 0 aromatic heterocycles. The first-order valence-corrected chi connectivity index (χ1v) is 12.2. The Hall–Kier alpha value is -2.66. The summed E-state index contributed by atoms with van der Waals surface area (Å²) in [5.74, 6) is -6.38. The van der Waals surface area contributed by atoms with E-state index in [0.29, 0.717) is 0 Å². The summed E-state index contributed by atoms with van der Waals surface area (Å²) in [6.07, 6.45) is -3.25. The Kier molecular flexibility index (Phi) is 8.84. The van der Waals surface area contributed by atoms with E-state index < -0.39 is 59.1 Å². The van der Waals surface area contributed by atoms with Crippen LogP contribution in [0, 0.1) is 29.1 Å². The minimum Gasteiger partial charge on any atom is -0.363 e. The molecule has 1 aliphatic carbocycles. The molecule has 0 aromatic rings. The van der Waals surface area contributed by atoms with Crippen LogP contribution >= 0.6 is 0 Å². The molecular weight excluding hydrogens is 481 g/mol. The molecular formula is C24H37F3N4O5. The van der Waals surface area contributed by atoms with Crippen LogP contribution in [-0.2, 0) is 24.0 Å². The lowest BCUT2D eigenvalue weighted by Gasteiger charge is -2.37. The van der Waals surface area contributed by atoms with E-state index in [1.807, 2.05) is 20.8 Å². The number of amides is 4. The second-order valence-corrected chi connectivity index (χ2v) is 11.5. The zero-order valence-corrected chi connectivity index (χ0v) is 21.6. The van der Waals surface area contributed by atoms with Crippen molar-refractivity contribution >= 4 is 29.4 Å². The van der Waals surface area contributed by atoms with Crippen LogP contribution in [-0.4, -0.2) is 65.2 Å². The monoisotopic (exact) mass is 518 g/mol. The number of likely N-dealkylation sites (tertiary alicyclic amines) is 1. The summed E-state index contributed by atoms with van der Waals surface area (Å²) >= 11 is 0. The Balaban J connectivity index is 2.40. The normalized spacial score (nSPS) is 24.3. The zero-order chi connectivity index (χ0) is 27.7. The molecule has 0 spiro atoms. The van der Waals surface area contributed by atoms with Gasteiger partial charge in [-0.3, -0.25) is 24.0 Å². The number of nitrogens with one attached hydrogen (secondary N) is 2. The van der Waals surface area contributed by atoms with Crippen molar-refractivity contribution < 1.29 is 37.1 Å². The van der Waals surface area contributed by atoms with Crippen LogP contribution in [0.3, 0.4) is 0 Å². The van der Waals surface area contributed by atoms with E-state index in [2.05, 4.69) is 5.32 Å². The number of nitrogens with zero attached hydrogens (tertiary/aromatic N) is 1. The van der Waals surface area contributed by atoms with Crippen LogP contribution in [0.25, 0.3) is 0 Å². The average Bonchev–Trinajstić information content (AvgIpc) is 3.47. The molecule has 1 unspecified atom stereocenters. The summed E-state index contributed by atoms with van der Waals surface area (Å²) in [5.41, 5.74) is 4.07. The molecule has 2 fully saturated rings. The number of hydrogen-bond acceptors (Lipinski definition) is 5. The third-order valence-electron chi connectivity index (χ3n) is 6.95. The molecule has 4 N–H and O–H groups in total. The van der Waals surface area contributed by atoms with Crippen LogP contribution in [0.15, 0.2) is 0 Å². The molecule has 1 saturated carbocycles. The number of hydrogen-bond donors (Lipinski definition) is 3. The highest BCUT2D eigenvalue weighted by Crippen LogP contribution is 2.38. The van der Waals surface area contributed by atoms with E-state index in [0.717, 1.165) is 12.8 Å². The van der Waals surface area contributed by atoms with Crippen molar-refractivity contribution in [2.45, 2.75) is 85.1 Å². The molecule has 12 heteroatoms. The zero-order valence-electron chi connectivity index (χ0n) is 21.6. The van der Waals surface area contributed by atoms with Gasteiger partial charge in [-0.05, 0) is 35.5 Å². The third-order valence-corrected chi connectivity index (χ3v) is 6.95. The fourth-order valence-corrected chi connectivity index (χ4v) is 5.00. The van der Waals surface area contributed by atoms with Crippen LogP contribution in [0.1, 0.15) is 60.8 Å². The van der Waals surface area contributed by atoms with Gasteiger partial charge in [0.05, 0.1) is 6.04 Å². The number of Topliss-reactive ketones (excluding diaryl/α,β-unsaturated/α-hetero) is 1. The topological polar surface area (TPSA) is 139 Å². The molecule has 1 saturated heterocycles. The van der Waals surface area contributed by atoms with Crippen molar-refractivity contribution in [2.75, 3.05) is 6.54 Å². The SMILES string of the molecule is CC(C)[C@@H]1[C@@H](C(=O)NC(CC2CC2)C(=O)C(N)=O)N(C(=O)[C@@H](NC(=O)C(F)(F)F)C(C)(C)C)C[C@@H]1C. The van der Waals surface area contributed by atoms with E-state index >= 15 is 0 Å². The number of primary amides is 1. The van der Waals surface area contributed by atoms with E-state index in [1.54, 1.807) is 5.32 Å². The van der Waals surface area contributed by atoms with Gasteiger partial charge in [0, 0.05) is 6.54 Å². The highest BCUT2D eigenvalue weighted by Gasteiger charge is 2.52.